The molecule has 6 atom stereocenters. The third kappa shape index (κ3) is 3.07. The first-order valence-corrected chi connectivity index (χ1v) is 12.1. The van der Waals surface area contributed by atoms with Gasteiger partial charge in [-0.05, 0) is 79.5 Å². The molecule has 1 N–H and O–H groups in total. The second-order valence-corrected chi connectivity index (χ2v) is 10.9. The van der Waals surface area contributed by atoms with E-state index in [1.54, 1.807) is 6.07 Å². The maximum Gasteiger partial charge on any atom is 0.416 e. The van der Waals surface area contributed by atoms with Crippen LogP contribution in [0.25, 0.3) is 0 Å². The van der Waals surface area contributed by atoms with Gasteiger partial charge < -0.3 is 15.0 Å². The summed E-state index contributed by atoms with van der Waals surface area (Å²) in [7, 11) is 0. The molecule has 1 amide bonds. The van der Waals surface area contributed by atoms with Crippen molar-refractivity contribution < 1.29 is 22.7 Å². The fraction of sp³-hybridized carbons (Fsp3) is 0.720. The number of carbonyl (C=O) groups excluding carboxylic acids is 1. The SMILES string of the molecule is CC1C2Cc3ccc(C(F)(F)F)cc3CN2C(=O)[C@]12CC[C@@H](NC1C3CCC1COC3)C2. The van der Waals surface area contributed by atoms with Gasteiger partial charge in [-0.3, -0.25) is 4.79 Å². The van der Waals surface area contributed by atoms with Gasteiger partial charge in [0.1, 0.15) is 0 Å². The second-order valence-electron chi connectivity index (χ2n) is 10.9. The minimum absolute atomic E-state index is 0.0877. The Labute approximate surface area is 186 Å². The molecule has 1 aromatic carbocycles. The van der Waals surface area contributed by atoms with E-state index in [-0.39, 0.29) is 23.3 Å². The molecule has 2 aliphatic carbocycles. The zero-order valence-corrected chi connectivity index (χ0v) is 18.5. The lowest BCUT2D eigenvalue weighted by Crippen LogP contribution is -2.48. The second kappa shape index (κ2) is 7.20. The predicted octanol–water partition coefficient (Wildman–Crippen LogP) is 4.16. The van der Waals surface area contributed by atoms with Gasteiger partial charge in [0.2, 0.25) is 5.91 Å². The molecule has 6 rings (SSSR count). The Bertz CT molecular complexity index is 918. The van der Waals surface area contributed by atoms with Crippen molar-refractivity contribution in [1.82, 2.24) is 10.2 Å². The predicted molar refractivity (Wildman–Crippen MR) is 113 cm³/mol. The normalized spacial score (nSPS) is 40.8. The molecule has 1 aromatic rings. The van der Waals surface area contributed by atoms with Crippen molar-refractivity contribution in [3.8, 4) is 0 Å². The molecule has 32 heavy (non-hydrogen) atoms. The van der Waals surface area contributed by atoms with E-state index in [1.807, 2.05) is 4.90 Å². The van der Waals surface area contributed by atoms with Gasteiger partial charge in [-0.1, -0.05) is 13.0 Å². The van der Waals surface area contributed by atoms with Crippen LogP contribution in [-0.4, -0.2) is 42.1 Å². The lowest BCUT2D eigenvalue weighted by Gasteiger charge is -2.34. The van der Waals surface area contributed by atoms with E-state index in [9.17, 15) is 18.0 Å². The summed E-state index contributed by atoms with van der Waals surface area (Å²) >= 11 is 0. The molecule has 4 nitrogen and oxygen atoms in total. The molecule has 0 aromatic heterocycles. The zero-order valence-electron chi connectivity index (χ0n) is 18.5. The molecule has 1 spiro atoms. The minimum atomic E-state index is -4.36. The van der Waals surface area contributed by atoms with Crippen molar-refractivity contribution >= 4 is 5.91 Å². The molecule has 174 valence electrons. The number of nitrogens with one attached hydrogen (secondary N) is 1. The molecular formula is C25H31F3N2O2. The van der Waals surface area contributed by atoms with Gasteiger partial charge in [0.25, 0.3) is 0 Å². The zero-order chi connectivity index (χ0) is 22.3. The molecule has 2 bridgehead atoms. The summed E-state index contributed by atoms with van der Waals surface area (Å²) < 4.78 is 45.3. The smallest absolute Gasteiger partial charge is 0.381 e. The largest absolute Gasteiger partial charge is 0.416 e. The summed E-state index contributed by atoms with van der Waals surface area (Å²) in [5, 5.41) is 3.92. The van der Waals surface area contributed by atoms with Crippen LogP contribution in [0.5, 0.6) is 0 Å². The third-order valence-electron chi connectivity index (χ3n) is 9.40. The number of benzene rings is 1. The molecule has 3 aliphatic heterocycles. The molecule has 2 saturated carbocycles. The van der Waals surface area contributed by atoms with Gasteiger partial charge in [0, 0.05) is 24.7 Å². The molecule has 5 aliphatic rings. The van der Waals surface area contributed by atoms with Crippen LogP contribution in [-0.2, 0) is 28.7 Å². The number of ether oxygens (including phenoxy) is 1. The summed E-state index contributed by atoms with van der Waals surface area (Å²) in [5.41, 5.74) is 0.615. The Morgan fingerprint density at radius 2 is 1.88 bits per heavy atom. The first-order valence-electron chi connectivity index (χ1n) is 12.1. The molecule has 4 fully saturated rings. The number of hydrogen-bond donors (Lipinski definition) is 1. The van der Waals surface area contributed by atoms with Crippen LogP contribution in [0.3, 0.4) is 0 Å². The highest BCUT2D eigenvalue weighted by Gasteiger charge is 2.60. The number of hydrogen-bond acceptors (Lipinski definition) is 3. The summed E-state index contributed by atoms with van der Waals surface area (Å²) in [6.07, 6.45) is 1.47. The number of nitrogens with zero attached hydrogens (tertiary/aromatic N) is 1. The van der Waals surface area contributed by atoms with Gasteiger partial charge in [-0.25, -0.2) is 0 Å². The van der Waals surface area contributed by atoms with E-state index in [2.05, 4.69) is 12.2 Å². The highest BCUT2D eigenvalue weighted by Crippen LogP contribution is 2.55. The number of alkyl halides is 3. The topological polar surface area (TPSA) is 41.6 Å². The summed E-state index contributed by atoms with van der Waals surface area (Å²) in [6, 6.07) is 4.98. The maximum absolute atomic E-state index is 13.7. The van der Waals surface area contributed by atoms with Gasteiger partial charge in [-0.2, -0.15) is 13.2 Å². The first kappa shape index (κ1) is 21.0. The Balaban J connectivity index is 1.20. The quantitative estimate of drug-likeness (QED) is 0.739. The number of amides is 1. The fourth-order valence-electron chi connectivity index (χ4n) is 7.59. The monoisotopic (exact) mass is 448 g/mol. The molecule has 3 heterocycles. The Kier molecular flexibility index (Phi) is 4.72. The fourth-order valence-corrected chi connectivity index (χ4v) is 7.59. The number of rotatable bonds is 2. The average Bonchev–Trinajstić information content (AvgIpc) is 3.33. The molecule has 4 unspecified atom stereocenters. The van der Waals surface area contributed by atoms with Crippen molar-refractivity contribution in [2.24, 2.45) is 23.2 Å². The number of halogens is 3. The van der Waals surface area contributed by atoms with E-state index < -0.39 is 11.7 Å². The van der Waals surface area contributed by atoms with Crippen molar-refractivity contribution in [3.05, 3.63) is 34.9 Å². The number of fused-ring (bicyclic) bond motifs is 4. The van der Waals surface area contributed by atoms with Crippen molar-refractivity contribution in [2.75, 3.05) is 13.2 Å². The molecule has 7 heteroatoms. The first-order chi connectivity index (χ1) is 15.3. The van der Waals surface area contributed by atoms with Gasteiger partial charge >= 0.3 is 6.18 Å². The molecule has 0 radical (unpaired) electrons. The van der Waals surface area contributed by atoms with E-state index in [4.69, 9.17) is 4.74 Å². The Hall–Kier alpha value is -1.60. The van der Waals surface area contributed by atoms with Crippen molar-refractivity contribution in [1.29, 1.82) is 0 Å². The van der Waals surface area contributed by atoms with Gasteiger partial charge in [-0.15, -0.1) is 0 Å². The van der Waals surface area contributed by atoms with Gasteiger partial charge in [0.15, 0.2) is 0 Å². The lowest BCUT2D eigenvalue weighted by molar-refractivity contribution is -0.137. The summed E-state index contributed by atoms with van der Waals surface area (Å²) in [5.74, 6) is 1.55. The van der Waals surface area contributed by atoms with Crippen LogP contribution in [0, 0.1) is 23.2 Å². The summed E-state index contributed by atoms with van der Waals surface area (Å²) in [6.45, 7) is 4.18. The lowest BCUT2D eigenvalue weighted by atomic mass is 9.73. The van der Waals surface area contributed by atoms with Crippen LogP contribution < -0.4 is 5.32 Å². The Morgan fingerprint density at radius 1 is 1.12 bits per heavy atom. The van der Waals surface area contributed by atoms with Crippen LogP contribution in [0.15, 0.2) is 18.2 Å². The van der Waals surface area contributed by atoms with Crippen LogP contribution in [0.2, 0.25) is 0 Å². The number of carbonyl (C=O) groups is 1. The highest BCUT2D eigenvalue weighted by molar-refractivity contribution is 5.87. The van der Waals surface area contributed by atoms with Gasteiger partial charge in [0.05, 0.1) is 24.2 Å². The van der Waals surface area contributed by atoms with Crippen molar-refractivity contribution in [3.63, 3.8) is 0 Å². The van der Waals surface area contributed by atoms with E-state index in [0.717, 1.165) is 38.0 Å². The van der Waals surface area contributed by atoms with Crippen LogP contribution >= 0.6 is 0 Å². The van der Waals surface area contributed by atoms with Crippen molar-refractivity contribution in [2.45, 2.75) is 76.3 Å². The molecule has 2 saturated heterocycles. The standard InChI is InChI=1S/C25H31F3N2O2/c1-14-21-9-15-4-5-19(25(26,27)28)8-18(15)11-30(21)23(31)24(14)7-6-20(10-24)29-22-16-2-3-17(22)13-32-12-16/h4-5,8,14,16-17,20-22,29H,2-3,6-7,9-13H2,1H3/t14?,16?,17?,20-,21?,22?,24+/m1/s1. The van der Waals surface area contributed by atoms with Crippen LogP contribution in [0.4, 0.5) is 13.2 Å². The maximum atomic E-state index is 13.7. The van der Waals surface area contributed by atoms with Crippen LogP contribution in [0.1, 0.15) is 55.7 Å². The van der Waals surface area contributed by atoms with E-state index in [1.165, 1.54) is 25.0 Å². The minimum Gasteiger partial charge on any atom is -0.381 e. The third-order valence-corrected chi connectivity index (χ3v) is 9.40. The average molecular weight is 449 g/mol. The Morgan fingerprint density at radius 3 is 2.59 bits per heavy atom. The summed E-state index contributed by atoms with van der Waals surface area (Å²) in [4.78, 5) is 15.6. The molecular weight excluding hydrogens is 417 g/mol. The van der Waals surface area contributed by atoms with E-state index in [0.29, 0.717) is 42.4 Å². The van der Waals surface area contributed by atoms with E-state index >= 15 is 0 Å². The highest BCUT2D eigenvalue weighted by atomic mass is 19.4.